The van der Waals surface area contributed by atoms with Crippen molar-refractivity contribution in [1.82, 2.24) is 0 Å². The van der Waals surface area contributed by atoms with E-state index in [0.717, 1.165) is 0 Å². The largest absolute Gasteiger partial charge is 0.327 e. The average Bonchev–Trinajstić information content (AvgIpc) is 1.36. The summed E-state index contributed by atoms with van der Waals surface area (Å²) in [6.07, 6.45) is 0. The summed E-state index contributed by atoms with van der Waals surface area (Å²) >= 11 is 4.78. The molecule has 0 heterocycles. The Bertz CT molecular complexity index is 28.5. The third-order valence-corrected chi connectivity index (χ3v) is 1.17. The second-order valence-electron chi connectivity index (χ2n) is 1.56. The maximum Gasteiger partial charge on any atom is 0.0272 e. The monoisotopic (exact) mass is 104 g/mol. The first-order valence-electron chi connectivity index (χ1n) is 2.06. The highest BCUT2D eigenvalue weighted by Gasteiger charge is 1.98. The van der Waals surface area contributed by atoms with Gasteiger partial charge in [-0.1, -0.05) is 19.6 Å². The Kier molecular flexibility index (Phi) is 2.61. The van der Waals surface area contributed by atoms with Crippen LogP contribution in [0.2, 0.25) is 0 Å². The van der Waals surface area contributed by atoms with Gasteiger partial charge in [-0.05, 0) is 6.92 Å². The van der Waals surface area contributed by atoms with E-state index in [1.54, 1.807) is 0 Å². The molecule has 0 saturated heterocycles. The molecule has 0 aromatic carbocycles. The molecule has 2 heteroatoms. The lowest BCUT2D eigenvalue weighted by molar-refractivity contribution is 0.735. The van der Waals surface area contributed by atoms with Gasteiger partial charge in [0, 0.05) is 11.3 Å². The van der Waals surface area contributed by atoms with E-state index in [9.17, 15) is 0 Å². The van der Waals surface area contributed by atoms with Crippen molar-refractivity contribution in [2.75, 3.05) is 0 Å². The van der Waals surface area contributed by atoms with Crippen LogP contribution in [0.3, 0.4) is 0 Å². The minimum absolute atomic E-state index is 0.167. The van der Waals surface area contributed by atoms with Gasteiger partial charge in [-0.3, -0.25) is 0 Å². The van der Waals surface area contributed by atoms with Gasteiger partial charge < -0.3 is 5.73 Å². The summed E-state index contributed by atoms with van der Waals surface area (Å²) in [5.41, 5.74) is 5.33. The van der Waals surface area contributed by atoms with E-state index in [1.807, 2.05) is 13.8 Å². The molecular formula is C4H10NS. The van der Waals surface area contributed by atoms with Crippen LogP contribution in [0, 0.1) is 0 Å². The predicted molar refractivity (Wildman–Crippen MR) is 30.7 cm³/mol. The molecule has 0 aliphatic carbocycles. The Morgan fingerprint density at radius 2 is 1.67 bits per heavy atom. The lowest BCUT2D eigenvalue weighted by atomic mass is 10.3. The summed E-state index contributed by atoms with van der Waals surface area (Å²) in [5, 5.41) is 0.213. The molecule has 0 rings (SSSR count). The van der Waals surface area contributed by atoms with Crippen molar-refractivity contribution in [2.24, 2.45) is 5.73 Å². The van der Waals surface area contributed by atoms with Gasteiger partial charge in [-0.15, -0.1) is 0 Å². The maximum atomic E-state index is 5.33. The number of hydrogen-bond acceptors (Lipinski definition) is 1. The first-order chi connectivity index (χ1) is 2.64. The van der Waals surface area contributed by atoms with Crippen LogP contribution in [0.5, 0.6) is 0 Å². The molecule has 0 aliphatic heterocycles. The van der Waals surface area contributed by atoms with Crippen LogP contribution in [-0.2, 0) is 0 Å². The zero-order valence-corrected chi connectivity index (χ0v) is 4.96. The summed E-state index contributed by atoms with van der Waals surface area (Å²) in [4.78, 5) is 0. The Labute approximate surface area is 44.3 Å². The molecule has 0 bridgehead atoms. The lowest BCUT2D eigenvalue weighted by Crippen LogP contribution is -2.24. The van der Waals surface area contributed by atoms with Crippen molar-refractivity contribution in [3.8, 4) is 0 Å². The molecule has 0 saturated carbocycles. The van der Waals surface area contributed by atoms with E-state index in [0.29, 0.717) is 0 Å². The van der Waals surface area contributed by atoms with Crippen molar-refractivity contribution in [2.45, 2.75) is 25.1 Å². The highest BCUT2D eigenvalue weighted by atomic mass is 32.1. The molecule has 0 amide bonds. The fourth-order valence-corrected chi connectivity index (χ4v) is 0. The zero-order valence-electron chi connectivity index (χ0n) is 4.14. The van der Waals surface area contributed by atoms with Crippen LogP contribution in [0.25, 0.3) is 0 Å². The third kappa shape index (κ3) is 2.54. The summed E-state index contributed by atoms with van der Waals surface area (Å²) in [5.74, 6) is 0. The minimum atomic E-state index is 0.167. The Hall–Kier alpha value is 0.310. The molecule has 37 valence electrons. The smallest absolute Gasteiger partial charge is 0.0272 e. The molecular weight excluding hydrogens is 94.1 g/mol. The van der Waals surface area contributed by atoms with Gasteiger partial charge in [0.1, 0.15) is 0 Å². The Balaban J connectivity index is 2.99. The van der Waals surface area contributed by atoms with Crippen LogP contribution in [0.15, 0.2) is 0 Å². The van der Waals surface area contributed by atoms with E-state index >= 15 is 0 Å². The fourth-order valence-electron chi connectivity index (χ4n) is 0. The summed E-state index contributed by atoms with van der Waals surface area (Å²) in [7, 11) is 0. The quantitative estimate of drug-likeness (QED) is 0.526. The summed E-state index contributed by atoms with van der Waals surface area (Å²) in [6.45, 7) is 3.84. The molecule has 1 radical (unpaired) electrons. The van der Waals surface area contributed by atoms with E-state index in [1.165, 1.54) is 0 Å². The molecule has 0 fully saturated rings. The van der Waals surface area contributed by atoms with E-state index in [4.69, 9.17) is 18.4 Å². The van der Waals surface area contributed by atoms with Gasteiger partial charge in [0.15, 0.2) is 0 Å². The number of hydrogen-bond donors (Lipinski definition) is 1. The van der Waals surface area contributed by atoms with Gasteiger partial charge >= 0.3 is 0 Å². The fraction of sp³-hybridized carbons (Fsp3) is 1.00. The third-order valence-electron chi connectivity index (χ3n) is 0.740. The van der Waals surface area contributed by atoms with Crippen LogP contribution >= 0.6 is 12.6 Å². The molecule has 6 heavy (non-hydrogen) atoms. The SMILES string of the molecule is CC(N)C(C)[S]. The molecule has 0 aromatic rings. The number of rotatable bonds is 1. The first-order valence-corrected chi connectivity index (χ1v) is 2.53. The second kappa shape index (κ2) is 2.48. The van der Waals surface area contributed by atoms with Crippen molar-refractivity contribution < 1.29 is 0 Å². The van der Waals surface area contributed by atoms with Gasteiger partial charge in [-0.2, -0.15) is 0 Å². The molecule has 0 aromatic heterocycles. The van der Waals surface area contributed by atoms with Gasteiger partial charge in [0.2, 0.25) is 0 Å². The molecule has 0 spiro atoms. The molecule has 0 aliphatic rings. The van der Waals surface area contributed by atoms with Crippen LogP contribution in [-0.4, -0.2) is 11.3 Å². The minimum Gasteiger partial charge on any atom is -0.327 e. The average molecular weight is 104 g/mol. The van der Waals surface area contributed by atoms with Crippen LogP contribution < -0.4 is 5.73 Å². The second-order valence-corrected chi connectivity index (χ2v) is 2.31. The Morgan fingerprint density at radius 1 is 1.50 bits per heavy atom. The summed E-state index contributed by atoms with van der Waals surface area (Å²) < 4.78 is 0. The topological polar surface area (TPSA) is 26.0 Å². The van der Waals surface area contributed by atoms with Crippen molar-refractivity contribution in [3.63, 3.8) is 0 Å². The highest BCUT2D eigenvalue weighted by Crippen LogP contribution is 1.94. The van der Waals surface area contributed by atoms with E-state index < -0.39 is 0 Å². The van der Waals surface area contributed by atoms with Gasteiger partial charge in [0.05, 0.1) is 0 Å². The first kappa shape index (κ1) is 6.31. The standard InChI is InChI=1S/C4H10NS/c1-3(5)4(2)6/h3-4H,5H2,1-2H3. The molecule has 1 nitrogen and oxygen atoms in total. The zero-order chi connectivity index (χ0) is 5.15. The van der Waals surface area contributed by atoms with E-state index in [-0.39, 0.29) is 11.3 Å². The molecule has 2 atom stereocenters. The highest BCUT2D eigenvalue weighted by molar-refractivity contribution is 7.81. The van der Waals surface area contributed by atoms with E-state index in [2.05, 4.69) is 0 Å². The normalized spacial score (nSPS) is 20.0. The summed E-state index contributed by atoms with van der Waals surface area (Å²) in [6, 6.07) is 0.167. The van der Waals surface area contributed by atoms with Crippen LogP contribution in [0.1, 0.15) is 13.8 Å². The lowest BCUT2D eigenvalue weighted by Gasteiger charge is -2.03. The maximum absolute atomic E-state index is 5.33. The number of nitrogens with two attached hydrogens (primary N) is 1. The van der Waals surface area contributed by atoms with Gasteiger partial charge in [-0.25, -0.2) is 0 Å². The predicted octanol–water partition coefficient (Wildman–Crippen LogP) is 0.920. The van der Waals surface area contributed by atoms with Crippen LogP contribution in [0.4, 0.5) is 0 Å². The van der Waals surface area contributed by atoms with Gasteiger partial charge in [0.25, 0.3) is 0 Å². The van der Waals surface area contributed by atoms with Crippen molar-refractivity contribution in [1.29, 1.82) is 0 Å². The Morgan fingerprint density at radius 3 is 1.67 bits per heavy atom. The molecule has 2 N–H and O–H groups in total. The van der Waals surface area contributed by atoms with Crippen molar-refractivity contribution in [3.05, 3.63) is 0 Å². The van der Waals surface area contributed by atoms with Crippen molar-refractivity contribution >= 4 is 12.6 Å². The molecule has 2 unspecified atom stereocenters.